The summed E-state index contributed by atoms with van der Waals surface area (Å²) in [4.78, 5) is 11.8. The van der Waals surface area contributed by atoms with E-state index in [2.05, 4.69) is 23.6 Å². The third kappa shape index (κ3) is 3.33. The summed E-state index contributed by atoms with van der Waals surface area (Å²) in [5.41, 5.74) is 1.15. The molecule has 0 aliphatic heterocycles. The van der Waals surface area contributed by atoms with Crippen LogP contribution in [0.2, 0.25) is 0 Å². The maximum absolute atomic E-state index is 11.8. The SMILES string of the molecule is CNC(C)c1cccn1CC(=O)NCC1CC1. The highest BCUT2D eigenvalue weighted by Crippen LogP contribution is 2.27. The van der Waals surface area contributed by atoms with E-state index >= 15 is 0 Å². The van der Waals surface area contributed by atoms with Crippen molar-refractivity contribution in [3.63, 3.8) is 0 Å². The van der Waals surface area contributed by atoms with Crippen LogP contribution in [-0.2, 0) is 11.3 Å². The average Bonchev–Trinajstić information content (AvgIpc) is 3.05. The summed E-state index contributed by atoms with van der Waals surface area (Å²) in [7, 11) is 1.93. The topological polar surface area (TPSA) is 46.1 Å². The van der Waals surface area contributed by atoms with Gasteiger partial charge in [-0.05, 0) is 44.9 Å². The second-order valence-electron chi connectivity index (χ2n) is 4.82. The fraction of sp³-hybridized carbons (Fsp3) is 0.615. The van der Waals surface area contributed by atoms with E-state index in [0.717, 1.165) is 18.2 Å². The van der Waals surface area contributed by atoms with Crippen molar-refractivity contribution in [2.24, 2.45) is 5.92 Å². The van der Waals surface area contributed by atoms with Crippen molar-refractivity contribution >= 4 is 5.91 Å². The highest BCUT2D eigenvalue weighted by Gasteiger charge is 2.21. The summed E-state index contributed by atoms with van der Waals surface area (Å²) in [6.07, 6.45) is 4.50. The van der Waals surface area contributed by atoms with Crippen molar-refractivity contribution in [3.8, 4) is 0 Å². The number of amides is 1. The fourth-order valence-corrected chi connectivity index (χ4v) is 1.90. The lowest BCUT2D eigenvalue weighted by molar-refractivity contribution is -0.121. The molecule has 0 spiro atoms. The van der Waals surface area contributed by atoms with Gasteiger partial charge in [-0.3, -0.25) is 4.79 Å². The van der Waals surface area contributed by atoms with Gasteiger partial charge in [-0.1, -0.05) is 0 Å². The molecule has 4 heteroatoms. The number of carbonyl (C=O) groups is 1. The van der Waals surface area contributed by atoms with Crippen LogP contribution in [0.1, 0.15) is 31.5 Å². The van der Waals surface area contributed by atoms with Crippen LogP contribution in [0.25, 0.3) is 0 Å². The van der Waals surface area contributed by atoms with Crippen LogP contribution in [-0.4, -0.2) is 24.1 Å². The molecule has 1 heterocycles. The molecule has 1 aliphatic carbocycles. The van der Waals surface area contributed by atoms with E-state index in [1.807, 2.05) is 23.9 Å². The molecule has 2 rings (SSSR count). The van der Waals surface area contributed by atoms with Crippen molar-refractivity contribution < 1.29 is 4.79 Å². The van der Waals surface area contributed by atoms with Crippen LogP contribution in [0.4, 0.5) is 0 Å². The quantitative estimate of drug-likeness (QED) is 0.780. The first-order valence-electron chi connectivity index (χ1n) is 6.29. The zero-order valence-electron chi connectivity index (χ0n) is 10.6. The Balaban J connectivity index is 1.88. The summed E-state index contributed by atoms with van der Waals surface area (Å²) in [6, 6.07) is 4.30. The average molecular weight is 235 g/mol. The van der Waals surface area contributed by atoms with Crippen LogP contribution in [0.15, 0.2) is 18.3 Å². The van der Waals surface area contributed by atoms with Crippen LogP contribution >= 0.6 is 0 Å². The van der Waals surface area contributed by atoms with Crippen molar-refractivity contribution in [3.05, 3.63) is 24.0 Å². The van der Waals surface area contributed by atoms with Gasteiger partial charge in [0.15, 0.2) is 0 Å². The van der Waals surface area contributed by atoms with Crippen molar-refractivity contribution in [2.75, 3.05) is 13.6 Å². The molecule has 1 unspecified atom stereocenters. The first kappa shape index (κ1) is 12.2. The third-order valence-electron chi connectivity index (χ3n) is 3.34. The summed E-state index contributed by atoms with van der Waals surface area (Å²) < 4.78 is 2.00. The molecule has 0 aromatic carbocycles. The zero-order valence-corrected chi connectivity index (χ0v) is 10.6. The summed E-state index contributed by atoms with van der Waals surface area (Å²) >= 11 is 0. The Morgan fingerprint density at radius 2 is 2.35 bits per heavy atom. The number of hydrogen-bond acceptors (Lipinski definition) is 2. The number of nitrogens with zero attached hydrogens (tertiary/aromatic N) is 1. The maximum atomic E-state index is 11.8. The molecular formula is C13H21N3O. The van der Waals surface area contributed by atoms with Gasteiger partial charge in [-0.2, -0.15) is 0 Å². The zero-order chi connectivity index (χ0) is 12.3. The van der Waals surface area contributed by atoms with Gasteiger partial charge in [0, 0.05) is 24.5 Å². The van der Waals surface area contributed by atoms with Gasteiger partial charge in [0.05, 0.1) is 0 Å². The van der Waals surface area contributed by atoms with E-state index < -0.39 is 0 Å². The molecule has 17 heavy (non-hydrogen) atoms. The minimum absolute atomic E-state index is 0.109. The van der Waals surface area contributed by atoms with Crippen LogP contribution in [0, 0.1) is 5.92 Å². The standard InChI is InChI=1S/C13H21N3O/c1-10(14-2)12-4-3-7-16(12)9-13(17)15-8-11-5-6-11/h3-4,7,10-11,14H,5-6,8-9H2,1-2H3,(H,15,17). The van der Waals surface area contributed by atoms with E-state index in [9.17, 15) is 4.79 Å². The smallest absolute Gasteiger partial charge is 0.239 e. The van der Waals surface area contributed by atoms with Gasteiger partial charge in [0.1, 0.15) is 6.54 Å². The Hall–Kier alpha value is -1.29. The Bertz CT molecular complexity index is 382. The Morgan fingerprint density at radius 1 is 1.59 bits per heavy atom. The molecule has 1 aromatic rings. The monoisotopic (exact) mass is 235 g/mol. The summed E-state index contributed by atoms with van der Waals surface area (Å²) in [6.45, 7) is 3.35. The molecular weight excluding hydrogens is 214 g/mol. The predicted octanol–water partition coefficient (Wildman–Crippen LogP) is 1.29. The molecule has 1 fully saturated rings. The molecule has 0 bridgehead atoms. The molecule has 1 atom stereocenters. The fourth-order valence-electron chi connectivity index (χ4n) is 1.90. The molecule has 2 N–H and O–H groups in total. The Kier molecular flexibility index (Phi) is 3.84. The number of rotatable bonds is 6. The molecule has 1 amide bonds. The summed E-state index contributed by atoms with van der Waals surface area (Å²) in [5.74, 6) is 0.844. The molecule has 1 aromatic heterocycles. The van der Waals surface area contributed by atoms with E-state index in [-0.39, 0.29) is 11.9 Å². The van der Waals surface area contributed by atoms with Gasteiger partial charge in [-0.15, -0.1) is 0 Å². The number of aromatic nitrogens is 1. The Labute approximate surface area is 102 Å². The largest absolute Gasteiger partial charge is 0.354 e. The second kappa shape index (κ2) is 5.36. The molecule has 94 valence electrons. The van der Waals surface area contributed by atoms with Crippen molar-refractivity contribution in [1.82, 2.24) is 15.2 Å². The first-order chi connectivity index (χ1) is 8.20. The van der Waals surface area contributed by atoms with Gasteiger partial charge in [0.2, 0.25) is 5.91 Å². The number of hydrogen-bond donors (Lipinski definition) is 2. The van der Waals surface area contributed by atoms with Gasteiger partial charge in [-0.25, -0.2) is 0 Å². The Morgan fingerprint density at radius 3 is 3.00 bits per heavy atom. The second-order valence-corrected chi connectivity index (χ2v) is 4.82. The minimum atomic E-state index is 0.109. The van der Waals surface area contributed by atoms with Crippen molar-refractivity contribution in [2.45, 2.75) is 32.4 Å². The highest BCUT2D eigenvalue weighted by atomic mass is 16.1. The van der Waals surface area contributed by atoms with E-state index in [0.29, 0.717) is 6.54 Å². The van der Waals surface area contributed by atoms with Gasteiger partial charge < -0.3 is 15.2 Å². The lowest BCUT2D eigenvalue weighted by Gasteiger charge is -2.14. The number of carbonyl (C=O) groups excluding carboxylic acids is 1. The highest BCUT2D eigenvalue weighted by molar-refractivity contribution is 5.75. The van der Waals surface area contributed by atoms with Crippen molar-refractivity contribution in [1.29, 1.82) is 0 Å². The normalized spacial score (nSPS) is 16.8. The van der Waals surface area contributed by atoms with Crippen LogP contribution < -0.4 is 10.6 Å². The van der Waals surface area contributed by atoms with Gasteiger partial charge in [0.25, 0.3) is 0 Å². The lowest BCUT2D eigenvalue weighted by Crippen LogP contribution is -2.30. The summed E-state index contributed by atoms with van der Waals surface area (Å²) in [5, 5.41) is 6.18. The third-order valence-corrected chi connectivity index (χ3v) is 3.34. The van der Waals surface area contributed by atoms with Gasteiger partial charge >= 0.3 is 0 Å². The van der Waals surface area contributed by atoms with Crippen LogP contribution in [0.3, 0.4) is 0 Å². The number of nitrogens with one attached hydrogen (secondary N) is 2. The minimum Gasteiger partial charge on any atom is -0.354 e. The van der Waals surface area contributed by atoms with E-state index in [4.69, 9.17) is 0 Å². The molecule has 4 nitrogen and oxygen atoms in total. The lowest BCUT2D eigenvalue weighted by atomic mass is 10.2. The van der Waals surface area contributed by atoms with Crippen LogP contribution in [0.5, 0.6) is 0 Å². The molecule has 1 aliphatic rings. The molecule has 1 saturated carbocycles. The van der Waals surface area contributed by atoms with E-state index in [1.165, 1.54) is 12.8 Å². The molecule has 0 saturated heterocycles. The molecule has 0 radical (unpaired) electrons. The predicted molar refractivity (Wildman–Crippen MR) is 67.6 cm³/mol. The van der Waals surface area contributed by atoms with E-state index in [1.54, 1.807) is 0 Å². The first-order valence-corrected chi connectivity index (χ1v) is 6.29. The maximum Gasteiger partial charge on any atom is 0.239 e.